The van der Waals surface area contributed by atoms with E-state index in [0.29, 0.717) is 31.2 Å². The van der Waals surface area contributed by atoms with E-state index in [0.717, 1.165) is 0 Å². The molecule has 0 aliphatic carbocycles. The molecule has 0 fully saturated rings. The fourth-order valence-corrected chi connectivity index (χ4v) is 1.86. The van der Waals surface area contributed by atoms with Crippen molar-refractivity contribution in [2.45, 2.75) is 20.3 Å². The molecule has 1 heterocycles. The first-order chi connectivity index (χ1) is 8.93. The number of rotatable bonds is 6. The Morgan fingerprint density at radius 1 is 1.58 bits per heavy atom. The Bertz CT molecular complexity index is 499. The maximum atomic E-state index is 10.8. The maximum Gasteiger partial charge on any atom is 0.276 e. The average molecular weight is 283 g/mol. The molecule has 1 aromatic rings. The zero-order valence-corrected chi connectivity index (χ0v) is 11.6. The zero-order valence-electron chi connectivity index (χ0n) is 10.8. The lowest BCUT2D eigenvalue weighted by molar-refractivity contribution is -0.384. The number of nitro groups is 1. The van der Waals surface area contributed by atoms with E-state index in [2.05, 4.69) is 11.1 Å². The minimum Gasteiger partial charge on any atom is -0.355 e. The van der Waals surface area contributed by atoms with Gasteiger partial charge in [0.1, 0.15) is 11.0 Å². The van der Waals surface area contributed by atoms with Crippen LogP contribution in [-0.4, -0.2) is 23.0 Å². The molecule has 0 saturated heterocycles. The summed E-state index contributed by atoms with van der Waals surface area (Å²) in [7, 11) is 0. The molecule has 19 heavy (non-hydrogen) atoms. The summed E-state index contributed by atoms with van der Waals surface area (Å²) >= 11 is 5.80. The molecule has 0 saturated carbocycles. The van der Waals surface area contributed by atoms with Gasteiger partial charge in [0.25, 0.3) is 5.69 Å². The zero-order chi connectivity index (χ0) is 14.4. The lowest BCUT2D eigenvalue weighted by atomic mass is 10.2. The minimum absolute atomic E-state index is 0.0786. The third-order valence-electron chi connectivity index (χ3n) is 2.38. The molecule has 0 bridgehead atoms. The summed E-state index contributed by atoms with van der Waals surface area (Å²) < 4.78 is 0. The van der Waals surface area contributed by atoms with E-state index in [1.54, 1.807) is 0 Å². The standard InChI is InChI=1S/C12H15ClN4O2/c1-9(2)8-16(5-3-4-14)12-7-10(17(18)19)6-11(13)15-12/h6-7,9H,3,5,8H2,1-2H3. The number of anilines is 1. The number of aromatic nitrogens is 1. The molecule has 0 amide bonds. The Kier molecular flexibility index (Phi) is 5.52. The summed E-state index contributed by atoms with van der Waals surface area (Å²) in [6.45, 7) is 5.18. The Balaban J connectivity index is 3.06. The Morgan fingerprint density at radius 2 is 2.26 bits per heavy atom. The number of nitriles is 1. The van der Waals surface area contributed by atoms with Crippen LogP contribution in [0.3, 0.4) is 0 Å². The van der Waals surface area contributed by atoms with Gasteiger partial charge in [0, 0.05) is 13.1 Å². The van der Waals surface area contributed by atoms with E-state index in [4.69, 9.17) is 16.9 Å². The van der Waals surface area contributed by atoms with E-state index in [1.165, 1.54) is 12.1 Å². The average Bonchev–Trinajstić information content (AvgIpc) is 2.33. The second-order valence-corrected chi connectivity index (χ2v) is 4.90. The first-order valence-corrected chi connectivity index (χ1v) is 6.25. The first kappa shape index (κ1) is 15.2. The van der Waals surface area contributed by atoms with Crippen molar-refractivity contribution in [3.63, 3.8) is 0 Å². The summed E-state index contributed by atoms with van der Waals surface area (Å²) in [5.74, 6) is 0.779. The topological polar surface area (TPSA) is 83.1 Å². The van der Waals surface area contributed by atoms with Gasteiger partial charge >= 0.3 is 0 Å². The molecular weight excluding hydrogens is 268 g/mol. The van der Waals surface area contributed by atoms with Crippen LogP contribution < -0.4 is 4.90 Å². The van der Waals surface area contributed by atoms with Crippen LogP contribution in [0.15, 0.2) is 12.1 Å². The lowest BCUT2D eigenvalue weighted by Gasteiger charge is -2.24. The van der Waals surface area contributed by atoms with Crippen molar-refractivity contribution in [2.24, 2.45) is 5.92 Å². The van der Waals surface area contributed by atoms with E-state index in [-0.39, 0.29) is 10.8 Å². The van der Waals surface area contributed by atoms with Crippen LogP contribution in [0.5, 0.6) is 0 Å². The summed E-state index contributed by atoms with van der Waals surface area (Å²) in [6.07, 6.45) is 0.328. The van der Waals surface area contributed by atoms with Crippen LogP contribution in [0, 0.1) is 27.4 Å². The maximum absolute atomic E-state index is 10.8. The molecule has 0 N–H and O–H groups in total. The fourth-order valence-electron chi connectivity index (χ4n) is 1.66. The first-order valence-electron chi connectivity index (χ1n) is 5.88. The minimum atomic E-state index is -0.505. The summed E-state index contributed by atoms with van der Waals surface area (Å²) in [6, 6.07) is 4.65. The highest BCUT2D eigenvalue weighted by Gasteiger charge is 2.16. The largest absolute Gasteiger partial charge is 0.355 e. The van der Waals surface area contributed by atoms with Crippen LogP contribution in [0.4, 0.5) is 11.5 Å². The molecule has 0 unspecified atom stereocenters. The molecule has 1 rings (SSSR count). The van der Waals surface area contributed by atoms with Gasteiger partial charge in [0.15, 0.2) is 0 Å². The van der Waals surface area contributed by atoms with Gasteiger partial charge in [-0.25, -0.2) is 4.98 Å². The molecule has 0 radical (unpaired) electrons. The molecule has 6 nitrogen and oxygen atoms in total. The van der Waals surface area contributed by atoms with Gasteiger partial charge in [-0.3, -0.25) is 10.1 Å². The third-order valence-corrected chi connectivity index (χ3v) is 2.57. The predicted molar refractivity (Wildman–Crippen MR) is 73.2 cm³/mol. The van der Waals surface area contributed by atoms with Crippen LogP contribution in [0.1, 0.15) is 20.3 Å². The summed E-state index contributed by atoms with van der Waals surface area (Å²) in [4.78, 5) is 16.2. The SMILES string of the molecule is CC(C)CN(CCC#N)c1cc([N+](=O)[O-])cc(Cl)n1. The molecular formula is C12H15ClN4O2. The van der Waals surface area contributed by atoms with Crippen LogP contribution in [0.25, 0.3) is 0 Å². The smallest absolute Gasteiger partial charge is 0.276 e. The van der Waals surface area contributed by atoms with Gasteiger partial charge in [-0.05, 0) is 5.92 Å². The van der Waals surface area contributed by atoms with Gasteiger partial charge in [-0.15, -0.1) is 0 Å². The quantitative estimate of drug-likeness (QED) is 0.455. The van der Waals surface area contributed by atoms with Crippen LogP contribution in [0.2, 0.25) is 5.15 Å². The Morgan fingerprint density at radius 3 is 2.79 bits per heavy atom. The molecule has 0 spiro atoms. The third kappa shape index (κ3) is 4.72. The van der Waals surface area contributed by atoms with Gasteiger partial charge < -0.3 is 4.90 Å². The summed E-state index contributed by atoms with van der Waals surface area (Å²) in [5.41, 5.74) is -0.0966. The van der Waals surface area contributed by atoms with Crippen molar-refractivity contribution < 1.29 is 4.92 Å². The molecule has 7 heteroatoms. The number of nitrogens with zero attached hydrogens (tertiary/aromatic N) is 4. The lowest BCUT2D eigenvalue weighted by Crippen LogP contribution is -2.29. The monoisotopic (exact) mass is 282 g/mol. The number of hydrogen-bond acceptors (Lipinski definition) is 5. The molecule has 0 aliphatic heterocycles. The van der Waals surface area contributed by atoms with Crippen LogP contribution >= 0.6 is 11.6 Å². The van der Waals surface area contributed by atoms with E-state index in [9.17, 15) is 10.1 Å². The van der Waals surface area contributed by atoms with Crippen molar-refractivity contribution in [2.75, 3.05) is 18.0 Å². The summed E-state index contributed by atoms with van der Waals surface area (Å²) in [5, 5.41) is 19.6. The van der Waals surface area contributed by atoms with Crippen LogP contribution in [-0.2, 0) is 0 Å². The highest BCUT2D eigenvalue weighted by molar-refractivity contribution is 6.29. The second kappa shape index (κ2) is 6.90. The molecule has 0 atom stereocenters. The molecule has 0 aliphatic rings. The number of halogens is 1. The molecule has 102 valence electrons. The van der Waals surface area contributed by atoms with Gasteiger partial charge in [-0.2, -0.15) is 5.26 Å². The van der Waals surface area contributed by atoms with Gasteiger partial charge in [0.05, 0.1) is 29.5 Å². The van der Waals surface area contributed by atoms with Crippen molar-refractivity contribution in [1.29, 1.82) is 5.26 Å². The number of hydrogen-bond donors (Lipinski definition) is 0. The van der Waals surface area contributed by atoms with Crippen molar-refractivity contribution in [3.05, 3.63) is 27.4 Å². The Labute approximate surface area is 116 Å². The van der Waals surface area contributed by atoms with Crippen molar-refractivity contribution in [1.82, 2.24) is 4.98 Å². The second-order valence-electron chi connectivity index (χ2n) is 4.51. The number of pyridine rings is 1. The highest BCUT2D eigenvalue weighted by Crippen LogP contribution is 2.24. The highest BCUT2D eigenvalue weighted by atomic mass is 35.5. The predicted octanol–water partition coefficient (Wildman–Crippen LogP) is 3.02. The van der Waals surface area contributed by atoms with E-state index >= 15 is 0 Å². The van der Waals surface area contributed by atoms with E-state index in [1.807, 2.05) is 18.7 Å². The fraction of sp³-hybridized carbons (Fsp3) is 0.500. The van der Waals surface area contributed by atoms with Gasteiger partial charge in [-0.1, -0.05) is 25.4 Å². The molecule has 0 aromatic carbocycles. The Hall–Kier alpha value is -1.87. The van der Waals surface area contributed by atoms with E-state index < -0.39 is 4.92 Å². The van der Waals surface area contributed by atoms with Gasteiger partial charge in [0.2, 0.25) is 0 Å². The molecule has 1 aromatic heterocycles. The normalized spacial score (nSPS) is 10.3. The van der Waals surface area contributed by atoms with Crippen molar-refractivity contribution >= 4 is 23.1 Å². The van der Waals surface area contributed by atoms with Crippen molar-refractivity contribution in [3.8, 4) is 6.07 Å².